The van der Waals surface area contributed by atoms with Gasteiger partial charge in [0.1, 0.15) is 19.0 Å². The van der Waals surface area contributed by atoms with Gasteiger partial charge in [-0.3, -0.25) is 5.32 Å². The number of carbonyl (C=O) groups is 3. The number of esters is 1. The fraction of sp³-hybridized carbons (Fsp3) is 0.211. The third-order valence-electron chi connectivity index (χ3n) is 3.12. The topological polar surface area (TPSA) is 100 Å². The average Bonchev–Trinajstić information content (AvgIpc) is 2.67. The summed E-state index contributed by atoms with van der Waals surface area (Å²) in [7, 11) is 0. The number of ether oxygens (including phenoxy) is 4. The molecule has 2 aromatic carbocycles. The molecular formula is C19H19NO7. The maximum atomic E-state index is 11.7. The van der Waals surface area contributed by atoms with Crippen molar-refractivity contribution >= 4 is 23.9 Å². The Balaban J connectivity index is 1.66. The number of hydrogen-bond acceptors (Lipinski definition) is 7. The lowest BCUT2D eigenvalue weighted by atomic mass is 10.2. The lowest BCUT2D eigenvalue weighted by molar-refractivity contribution is 0.0526. The minimum atomic E-state index is -0.889. The number of para-hydroxylation sites is 1. The average molecular weight is 373 g/mol. The van der Waals surface area contributed by atoms with Crippen molar-refractivity contribution in [2.75, 3.05) is 25.1 Å². The largest absolute Gasteiger partial charge is 0.513 e. The van der Waals surface area contributed by atoms with E-state index in [4.69, 9.17) is 18.9 Å². The van der Waals surface area contributed by atoms with Crippen LogP contribution in [-0.2, 0) is 14.2 Å². The fourth-order valence-corrected chi connectivity index (χ4v) is 1.93. The van der Waals surface area contributed by atoms with Crippen LogP contribution in [0, 0.1) is 0 Å². The van der Waals surface area contributed by atoms with Gasteiger partial charge >= 0.3 is 18.2 Å². The SMILES string of the molecule is CCOC(=O)c1ccc(NC(=O)OCCOC(=O)Oc2ccccc2)cc1. The van der Waals surface area contributed by atoms with Gasteiger partial charge in [0.25, 0.3) is 0 Å². The maximum Gasteiger partial charge on any atom is 0.513 e. The zero-order valence-electron chi connectivity index (χ0n) is 14.7. The highest BCUT2D eigenvalue weighted by Gasteiger charge is 2.09. The highest BCUT2D eigenvalue weighted by atomic mass is 16.7. The Morgan fingerprint density at radius 1 is 0.852 bits per heavy atom. The highest BCUT2D eigenvalue weighted by molar-refractivity contribution is 5.91. The summed E-state index contributed by atoms with van der Waals surface area (Å²) in [6.07, 6.45) is -1.61. The molecule has 0 spiro atoms. The fourth-order valence-electron chi connectivity index (χ4n) is 1.93. The van der Waals surface area contributed by atoms with E-state index in [1.807, 2.05) is 0 Å². The third-order valence-corrected chi connectivity index (χ3v) is 3.12. The van der Waals surface area contributed by atoms with Crippen LogP contribution >= 0.6 is 0 Å². The van der Waals surface area contributed by atoms with Gasteiger partial charge in [0.05, 0.1) is 12.2 Å². The summed E-state index contributed by atoms with van der Waals surface area (Å²) in [6, 6.07) is 14.6. The number of anilines is 1. The van der Waals surface area contributed by atoms with E-state index in [0.29, 0.717) is 17.0 Å². The van der Waals surface area contributed by atoms with Gasteiger partial charge in [0.2, 0.25) is 0 Å². The second-order valence-corrected chi connectivity index (χ2v) is 5.07. The summed E-state index contributed by atoms with van der Waals surface area (Å²) in [5.41, 5.74) is 0.818. The zero-order valence-corrected chi connectivity index (χ0v) is 14.7. The molecule has 0 radical (unpaired) electrons. The molecule has 142 valence electrons. The summed E-state index contributed by atoms with van der Waals surface area (Å²) < 4.78 is 19.5. The molecule has 8 nitrogen and oxygen atoms in total. The monoisotopic (exact) mass is 373 g/mol. The van der Waals surface area contributed by atoms with E-state index in [-0.39, 0.29) is 19.8 Å². The third kappa shape index (κ3) is 7.07. The molecule has 0 aromatic heterocycles. The number of nitrogens with one attached hydrogen (secondary N) is 1. The Morgan fingerprint density at radius 2 is 1.52 bits per heavy atom. The lowest BCUT2D eigenvalue weighted by Gasteiger charge is -2.08. The van der Waals surface area contributed by atoms with Gasteiger partial charge in [-0.1, -0.05) is 18.2 Å². The molecule has 0 aliphatic carbocycles. The van der Waals surface area contributed by atoms with Gasteiger partial charge in [0, 0.05) is 5.69 Å². The molecule has 0 heterocycles. The Morgan fingerprint density at radius 3 is 2.19 bits per heavy atom. The molecule has 0 saturated carbocycles. The van der Waals surface area contributed by atoms with Gasteiger partial charge in [-0.2, -0.15) is 0 Å². The van der Waals surface area contributed by atoms with Crippen LogP contribution in [0.15, 0.2) is 54.6 Å². The van der Waals surface area contributed by atoms with Crippen molar-refractivity contribution < 1.29 is 33.3 Å². The molecule has 0 aliphatic heterocycles. The molecule has 0 bridgehead atoms. The number of rotatable bonds is 7. The van der Waals surface area contributed by atoms with Crippen LogP contribution in [0.5, 0.6) is 5.75 Å². The molecule has 8 heteroatoms. The molecule has 0 unspecified atom stereocenters. The summed E-state index contributed by atoms with van der Waals surface area (Å²) in [6.45, 7) is 1.71. The summed E-state index contributed by atoms with van der Waals surface area (Å²) in [5.74, 6) is -0.0846. The van der Waals surface area contributed by atoms with E-state index >= 15 is 0 Å². The molecular weight excluding hydrogens is 354 g/mol. The van der Waals surface area contributed by atoms with Crippen molar-refractivity contribution in [3.8, 4) is 5.75 Å². The van der Waals surface area contributed by atoms with E-state index in [0.717, 1.165) is 0 Å². The number of amides is 1. The van der Waals surface area contributed by atoms with E-state index in [9.17, 15) is 14.4 Å². The van der Waals surface area contributed by atoms with Crippen molar-refractivity contribution in [2.24, 2.45) is 0 Å². The molecule has 1 N–H and O–H groups in total. The van der Waals surface area contributed by atoms with Crippen LogP contribution in [0.2, 0.25) is 0 Å². The summed E-state index contributed by atoms with van der Waals surface area (Å²) in [4.78, 5) is 34.7. The summed E-state index contributed by atoms with van der Waals surface area (Å²) >= 11 is 0. The van der Waals surface area contributed by atoms with Gasteiger partial charge < -0.3 is 18.9 Å². The Bertz CT molecular complexity index is 759. The van der Waals surface area contributed by atoms with Crippen LogP contribution < -0.4 is 10.1 Å². The van der Waals surface area contributed by atoms with Gasteiger partial charge in [-0.05, 0) is 43.3 Å². The van der Waals surface area contributed by atoms with E-state index in [1.165, 1.54) is 12.1 Å². The number of benzene rings is 2. The van der Waals surface area contributed by atoms with Gasteiger partial charge in [-0.15, -0.1) is 0 Å². The van der Waals surface area contributed by atoms with Crippen molar-refractivity contribution in [3.05, 3.63) is 60.2 Å². The second kappa shape index (κ2) is 10.4. The number of carbonyl (C=O) groups excluding carboxylic acids is 3. The molecule has 0 fully saturated rings. The van der Waals surface area contributed by atoms with Gasteiger partial charge in [-0.25, -0.2) is 14.4 Å². The smallest absolute Gasteiger partial charge is 0.462 e. The van der Waals surface area contributed by atoms with Crippen LogP contribution in [-0.4, -0.2) is 38.0 Å². The lowest BCUT2D eigenvalue weighted by Crippen LogP contribution is -2.19. The van der Waals surface area contributed by atoms with Crippen molar-refractivity contribution in [1.29, 1.82) is 0 Å². The molecule has 2 rings (SSSR count). The van der Waals surface area contributed by atoms with Crippen molar-refractivity contribution in [2.45, 2.75) is 6.92 Å². The second-order valence-electron chi connectivity index (χ2n) is 5.07. The van der Waals surface area contributed by atoms with Crippen LogP contribution in [0.25, 0.3) is 0 Å². The zero-order chi connectivity index (χ0) is 19.5. The summed E-state index contributed by atoms with van der Waals surface area (Å²) in [5, 5.41) is 2.48. The molecule has 0 saturated heterocycles. The van der Waals surface area contributed by atoms with E-state index in [1.54, 1.807) is 49.4 Å². The molecule has 2 aromatic rings. The first kappa shape index (κ1) is 19.8. The normalized spacial score (nSPS) is 9.81. The first-order chi connectivity index (χ1) is 13.1. The predicted octanol–water partition coefficient (Wildman–Crippen LogP) is 3.63. The Labute approximate surface area is 156 Å². The maximum absolute atomic E-state index is 11.7. The van der Waals surface area contributed by atoms with Gasteiger partial charge in [0.15, 0.2) is 0 Å². The first-order valence-electron chi connectivity index (χ1n) is 8.19. The minimum Gasteiger partial charge on any atom is -0.462 e. The number of hydrogen-bond donors (Lipinski definition) is 1. The van der Waals surface area contributed by atoms with Crippen molar-refractivity contribution in [3.63, 3.8) is 0 Å². The minimum absolute atomic E-state index is 0.142. The van der Waals surface area contributed by atoms with E-state index < -0.39 is 18.2 Å². The molecule has 0 aliphatic rings. The Hall–Kier alpha value is -3.55. The Kier molecular flexibility index (Phi) is 7.65. The highest BCUT2D eigenvalue weighted by Crippen LogP contribution is 2.11. The molecule has 27 heavy (non-hydrogen) atoms. The van der Waals surface area contributed by atoms with E-state index in [2.05, 4.69) is 5.32 Å². The molecule has 1 amide bonds. The quantitative estimate of drug-likeness (QED) is 0.342. The van der Waals surface area contributed by atoms with Crippen molar-refractivity contribution in [1.82, 2.24) is 0 Å². The predicted molar refractivity (Wildman–Crippen MR) is 95.8 cm³/mol. The standard InChI is InChI=1S/C19H19NO7/c1-2-24-17(21)14-8-10-15(11-9-14)20-18(22)25-12-13-26-19(23)27-16-6-4-3-5-7-16/h3-11H,2,12-13H2,1H3,(H,20,22). The first-order valence-corrected chi connectivity index (χ1v) is 8.19. The van der Waals surface area contributed by atoms with Crippen LogP contribution in [0.3, 0.4) is 0 Å². The van der Waals surface area contributed by atoms with Crippen LogP contribution in [0.1, 0.15) is 17.3 Å². The van der Waals surface area contributed by atoms with Crippen LogP contribution in [0.4, 0.5) is 15.3 Å². The molecule has 0 atom stereocenters.